The van der Waals surface area contributed by atoms with Crippen LogP contribution in [0.3, 0.4) is 0 Å². The molecule has 86 valence electrons. The standard InChI is InChI=1S/C13H7N3OS/c17-12-10-8-4-2-1-3-5-9(8)14-11(10)15-13-16(12)6-7-18-13/h1-7H. The molecule has 0 aromatic carbocycles. The molecule has 2 aromatic heterocycles. The van der Waals surface area contributed by atoms with Gasteiger partial charge >= 0.3 is 0 Å². The zero-order valence-electron chi connectivity index (χ0n) is 9.20. The number of thiazole rings is 1. The Bertz CT molecular complexity index is 909. The van der Waals surface area contributed by atoms with E-state index in [1.54, 1.807) is 10.6 Å². The summed E-state index contributed by atoms with van der Waals surface area (Å²) in [6, 6.07) is 9.54. The van der Waals surface area contributed by atoms with Crippen molar-refractivity contribution in [3.63, 3.8) is 0 Å². The van der Waals surface area contributed by atoms with E-state index in [0.29, 0.717) is 16.0 Å². The van der Waals surface area contributed by atoms with Crippen LogP contribution in [0.5, 0.6) is 0 Å². The van der Waals surface area contributed by atoms with Crippen LogP contribution in [-0.2, 0) is 0 Å². The Hall–Kier alpha value is -2.27. The van der Waals surface area contributed by atoms with Crippen LogP contribution in [0.15, 0.2) is 46.7 Å². The van der Waals surface area contributed by atoms with Gasteiger partial charge in [-0.25, -0.2) is 4.98 Å². The average molecular weight is 253 g/mol. The number of nitrogens with zero attached hydrogens (tertiary/aromatic N) is 3. The van der Waals surface area contributed by atoms with Crippen molar-refractivity contribution in [3.8, 4) is 11.3 Å². The third kappa shape index (κ3) is 1.16. The predicted octanol–water partition coefficient (Wildman–Crippen LogP) is 2.41. The lowest BCUT2D eigenvalue weighted by Crippen LogP contribution is -2.12. The fourth-order valence-corrected chi connectivity index (χ4v) is 2.85. The molecule has 0 fully saturated rings. The van der Waals surface area contributed by atoms with Gasteiger partial charge < -0.3 is 0 Å². The fourth-order valence-electron chi connectivity index (χ4n) is 2.15. The van der Waals surface area contributed by atoms with E-state index in [4.69, 9.17) is 0 Å². The van der Waals surface area contributed by atoms with E-state index in [9.17, 15) is 4.79 Å². The number of hydrogen-bond donors (Lipinski definition) is 0. The molecular formula is C13H7N3OS. The lowest BCUT2D eigenvalue weighted by Gasteiger charge is -1.93. The van der Waals surface area contributed by atoms with Gasteiger partial charge in [0.15, 0.2) is 10.6 Å². The van der Waals surface area contributed by atoms with Gasteiger partial charge in [-0.15, -0.1) is 11.3 Å². The second-order valence-electron chi connectivity index (χ2n) is 3.99. The van der Waals surface area contributed by atoms with Gasteiger partial charge in [0.05, 0.1) is 11.1 Å². The molecule has 0 atom stereocenters. The second-order valence-corrected chi connectivity index (χ2v) is 4.87. The van der Waals surface area contributed by atoms with E-state index in [0.717, 1.165) is 11.3 Å². The first-order chi connectivity index (χ1) is 8.84. The van der Waals surface area contributed by atoms with Crippen molar-refractivity contribution in [2.75, 3.05) is 0 Å². The Morgan fingerprint density at radius 3 is 2.94 bits per heavy atom. The van der Waals surface area contributed by atoms with Crippen LogP contribution in [0.1, 0.15) is 0 Å². The lowest BCUT2D eigenvalue weighted by molar-refractivity contribution is 1.11. The van der Waals surface area contributed by atoms with Crippen molar-refractivity contribution in [3.05, 3.63) is 52.3 Å². The SMILES string of the molecule is O=c1c2c3cccccc-3nc2nc2sccn12. The molecule has 5 heteroatoms. The molecule has 3 heterocycles. The minimum absolute atomic E-state index is 0.0510. The molecule has 0 N–H and O–H groups in total. The van der Waals surface area contributed by atoms with Crippen LogP contribution in [-0.4, -0.2) is 14.4 Å². The van der Waals surface area contributed by atoms with Crippen molar-refractivity contribution in [2.45, 2.75) is 0 Å². The van der Waals surface area contributed by atoms with Gasteiger partial charge in [-0.05, 0) is 6.07 Å². The second kappa shape index (κ2) is 3.36. The van der Waals surface area contributed by atoms with E-state index in [2.05, 4.69) is 9.97 Å². The molecule has 0 bridgehead atoms. The number of fused-ring (bicyclic) bond motifs is 4. The zero-order chi connectivity index (χ0) is 12.1. The lowest BCUT2D eigenvalue weighted by atomic mass is 10.2. The predicted molar refractivity (Wildman–Crippen MR) is 71.3 cm³/mol. The molecule has 0 spiro atoms. The minimum atomic E-state index is -0.0510. The van der Waals surface area contributed by atoms with Gasteiger partial charge in [-0.1, -0.05) is 24.3 Å². The summed E-state index contributed by atoms with van der Waals surface area (Å²) in [6.45, 7) is 0. The van der Waals surface area contributed by atoms with Crippen LogP contribution in [0, 0.1) is 0 Å². The summed E-state index contributed by atoms with van der Waals surface area (Å²) < 4.78 is 1.57. The highest BCUT2D eigenvalue weighted by Crippen LogP contribution is 2.27. The van der Waals surface area contributed by atoms with Gasteiger partial charge in [-0.3, -0.25) is 9.20 Å². The highest BCUT2D eigenvalue weighted by molar-refractivity contribution is 7.15. The van der Waals surface area contributed by atoms with Gasteiger partial charge in [-0.2, -0.15) is 4.98 Å². The first kappa shape index (κ1) is 9.73. The van der Waals surface area contributed by atoms with E-state index in [1.165, 1.54) is 11.3 Å². The molecule has 0 amide bonds. The topological polar surface area (TPSA) is 47.3 Å². The first-order valence-electron chi connectivity index (χ1n) is 5.49. The summed E-state index contributed by atoms with van der Waals surface area (Å²) >= 11 is 1.44. The highest BCUT2D eigenvalue weighted by atomic mass is 32.1. The summed E-state index contributed by atoms with van der Waals surface area (Å²) in [4.78, 5) is 22.0. The van der Waals surface area contributed by atoms with Gasteiger partial charge in [0.25, 0.3) is 5.56 Å². The maximum absolute atomic E-state index is 12.4. The molecule has 4 rings (SSSR count). The highest BCUT2D eigenvalue weighted by Gasteiger charge is 2.16. The summed E-state index contributed by atoms with van der Waals surface area (Å²) in [5.74, 6) is 0. The van der Waals surface area contributed by atoms with Crippen molar-refractivity contribution in [1.29, 1.82) is 0 Å². The average Bonchev–Trinajstić information content (AvgIpc) is 2.89. The molecule has 0 saturated heterocycles. The van der Waals surface area contributed by atoms with Gasteiger partial charge in [0.1, 0.15) is 0 Å². The molecular weight excluding hydrogens is 246 g/mol. The molecule has 18 heavy (non-hydrogen) atoms. The Kier molecular flexibility index (Phi) is 1.82. The minimum Gasteiger partial charge on any atom is -0.268 e. The summed E-state index contributed by atoms with van der Waals surface area (Å²) in [5, 5.41) is 2.45. The van der Waals surface area contributed by atoms with Crippen LogP contribution >= 0.6 is 11.3 Å². The summed E-state index contributed by atoms with van der Waals surface area (Å²) in [6.07, 6.45) is 1.75. The largest absolute Gasteiger partial charge is 0.268 e. The maximum atomic E-state index is 12.4. The monoisotopic (exact) mass is 253 g/mol. The quantitative estimate of drug-likeness (QED) is 0.483. The normalized spacial score (nSPS) is 11.6. The summed E-state index contributed by atoms with van der Waals surface area (Å²) in [7, 11) is 0. The Morgan fingerprint density at radius 1 is 1.11 bits per heavy atom. The van der Waals surface area contributed by atoms with Crippen LogP contribution < -0.4 is 5.56 Å². The van der Waals surface area contributed by atoms with Crippen LogP contribution in [0.25, 0.3) is 27.3 Å². The molecule has 0 saturated carbocycles. The molecule has 2 aliphatic rings. The van der Waals surface area contributed by atoms with Crippen molar-refractivity contribution < 1.29 is 0 Å². The van der Waals surface area contributed by atoms with Crippen molar-refractivity contribution >= 4 is 27.3 Å². The van der Waals surface area contributed by atoms with Crippen LogP contribution in [0.2, 0.25) is 0 Å². The van der Waals surface area contributed by atoms with E-state index in [1.807, 2.05) is 35.7 Å². The molecule has 0 radical (unpaired) electrons. The molecule has 4 nitrogen and oxygen atoms in total. The Balaban J connectivity index is 2.34. The fraction of sp³-hybridized carbons (Fsp3) is 0. The maximum Gasteiger partial charge on any atom is 0.268 e. The third-order valence-corrected chi connectivity index (χ3v) is 3.71. The summed E-state index contributed by atoms with van der Waals surface area (Å²) in [5.41, 5.74) is 2.14. The Morgan fingerprint density at radius 2 is 2.00 bits per heavy atom. The van der Waals surface area contributed by atoms with Gasteiger partial charge in [0, 0.05) is 17.1 Å². The van der Waals surface area contributed by atoms with E-state index < -0.39 is 0 Å². The van der Waals surface area contributed by atoms with Crippen molar-refractivity contribution in [2.24, 2.45) is 0 Å². The van der Waals surface area contributed by atoms with E-state index in [-0.39, 0.29) is 5.56 Å². The smallest absolute Gasteiger partial charge is 0.268 e. The van der Waals surface area contributed by atoms with E-state index >= 15 is 0 Å². The number of rotatable bonds is 0. The first-order valence-corrected chi connectivity index (χ1v) is 6.37. The molecule has 1 aliphatic heterocycles. The zero-order valence-corrected chi connectivity index (χ0v) is 10.0. The molecule has 1 aliphatic carbocycles. The number of aromatic nitrogens is 3. The molecule has 0 unspecified atom stereocenters. The number of hydrogen-bond acceptors (Lipinski definition) is 4. The van der Waals surface area contributed by atoms with Crippen molar-refractivity contribution in [1.82, 2.24) is 14.4 Å². The van der Waals surface area contributed by atoms with Gasteiger partial charge in [0.2, 0.25) is 0 Å². The third-order valence-electron chi connectivity index (χ3n) is 2.96. The molecule has 2 aromatic rings. The van der Waals surface area contributed by atoms with Crippen LogP contribution in [0.4, 0.5) is 0 Å². The Labute approximate surface area is 106 Å².